The van der Waals surface area contributed by atoms with Crippen molar-refractivity contribution in [1.82, 2.24) is 0 Å². The molecule has 0 unspecified atom stereocenters. The smallest absolute Gasteiger partial charge is 0.151 e. The summed E-state index contributed by atoms with van der Waals surface area (Å²) in [5.74, 6) is 0. The Hall–Kier alpha value is -1.06. The Balaban J connectivity index is 0. The lowest BCUT2D eigenvalue weighted by atomic mass is 10.0. The number of aldehydes is 2. The van der Waals surface area contributed by atoms with E-state index >= 15 is 0 Å². The van der Waals surface area contributed by atoms with Crippen LogP contribution in [0.15, 0.2) is 0 Å². The van der Waals surface area contributed by atoms with Crippen LogP contribution in [0, 0.1) is 0 Å². The molecular formula is C12H24O12. The summed E-state index contributed by atoms with van der Waals surface area (Å²) in [7, 11) is 0. The lowest BCUT2D eigenvalue weighted by Gasteiger charge is -2.22. The fourth-order valence-electron chi connectivity index (χ4n) is 1.21. The zero-order valence-electron chi connectivity index (χ0n) is 13.4. The maximum absolute atomic E-state index is 10.2. The summed E-state index contributed by atoms with van der Waals surface area (Å²) < 4.78 is 6.40. The second-order valence-electron chi connectivity index (χ2n) is 4.65. The number of hydrogen-bond acceptors (Lipinski definition) is 12. The molecule has 0 aliphatic heterocycles. The van der Waals surface area contributed by atoms with Crippen molar-refractivity contribution in [2.24, 2.45) is 0 Å². The van der Waals surface area contributed by atoms with Crippen LogP contribution in [0.5, 0.6) is 0 Å². The largest absolute Gasteiger partial charge is 0.394 e. The van der Waals surface area contributed by atoms with Crippen LogP contribution in [-0.2, 0) is 9.59 Å². The topological polar surface area (TPSA) is 236 Å². The Labute approximate surface area is 137 Å². The van der Waals surface area contributed by atoms with Crippen molar-refractivity contribution in [2.75, 3.05) is 13.2 Å². The average Bonchev–Trinajstić information content (AvgIpc) is 2.62. The molecule has 24 heavy (non-hydrogen) atoms. The van der Waals surface area contributed by atoms with Gasteiger partial charge in [-0.15, -0.1) is 0 Å². The van der Waals surface area contributed by atoms with Crippen LogP contribution >= 0.6 is 0 Å². The van der Waals surface area contributed by atoms with Gasteiger partial charge in [-0.25, -0.2) is 0 Å². The summed E-state index contributed by atoms with van der Waals surface area (Å²) in [6.45, 7) is -1.58. The Morgan fingerprint density at radius 2 is 1.00 bits per heavy atom. The van der Waals surface area contributed by atoms with Crippen LogP contribution in [0.3, 0.4) is 0 Å². The maximum atomic E-state index is 10.2. The highest BCUT2D eigenvalue weighted by Gasteiger charge is 2.30. The summed E-state index contributed by atoms with van der Waals surface area (Å²) in [5.41, 5.74) is 0. The van der Waals surface area contributed by atoms with E-state index in [0.29, 0.717) is 0 Å². The molecular weight excluding hydrogens is 336 g/mol. The van der Waals surface area contributed by atoms with Gasteiger partial charge in [-0.1, -0.05) is 0 Å². The molecule has 8 atom stereocenters. The van der Waals surface area contributed by atoms with Crippen LogP contribution in [0.4, 0.5) is 0 Å². The van der Waals surface area contributed by atoms with Crippen LogP contribution in [-0.4, -0.2) is 126 Å². The molecule has 0 fully saturated rings. The lowest BCUT2D eigenvalue weighted by Crippen LogP contribution is -2.46. The number of aliphatic hydroxyl groups is 10. The number of aliphatic hydroxyl groups excluding tert-OH is 10. The molecule has 0 rings (SSSR count). The monoisotopic (exact) mass is 361 g/mol. The van der Waals surface area contributed by atoms with Gasteiger partial charge in [-0.05, 0) is 0 Å². The van der Waals surface area contributed by atoms with Gasteiger partial charge < -0.3 is 60.7 Å². The predicted molar refractivity (Wildman–Crippen MR) is 74.4 cm³/mol. The Morgan fingerprint density at radius 1 is 0.667 bits per heavy atom. The van der Waals surface area contributed by atoms with Crippen molar-refractivity contribution in [3.05, 3.63) is 0 Å². The first-order chi connectivity index (χ1) is 11.5. The molecule has 0 radical (unpaired) electrons. The van der Waals surface area contributed by atoms with Gasteiger partial charge in [0.05, 0.1) is 13.2 Å². The summed E-state index contributed by atoms with van der Waals surface area (Å²) in [5, 5.41) is 87.3. The molecule has 0 heterocycles. The van der Waals surface area contributed by atoms with Crippen LogP contribution in [0.2, 0.25) is 0 Å². The van der Waals surface area contributed by atoms with Gasteiger partial charge >= 0.3 is 0 Å². The second-order valence-corrected chi connectivity index (χ2v) is 4.65. The second kappa shape index (κ2) is 13.3. The predicted octanol–water partition coefficient (Wildman–Crippen LogP) is -6.76. The molecule has 0 aromatic rings. The van der Waals surface area contributed by atoms with Gasteiger partial charge in [0.2, 0.25) is 0 Å². The first kappa shape index (κ1) is 22.9. The third-order valence-electron chi connectivity index (χ3n) is 2.80. The first-order valence-corrected chi connectivity index (χ1v) is 6.58. The average molecular weight is 361 g/mol. The highest BCUT2D eigenvalue weighted by molar-refractivity contribution is 5.57. The zero-order chi connectivity index (χ0) is 20.3. The quantitative estimate of drug-likeness (QED) is 0.163. The van der Waals surface area contributed by atoms with E-state index in [-0.39, 0.29) is 6.29 Å². The van der Waals surface area contributed by atoms with Gasteiger partial charge in [-0.3, -0.25) is 0 Å². The highest BCUT2D eigenvalue weighted by atomic mass is 16.4. The molecule has 0 saturated heterocycles. The highest BCUT2D eigenvalue weighted by Crippen LogP contribution is 2.03. The third-order valence-corrected chi connectivity index (χ3v) is 2.80. The summed E-state index contributed by atoms with van der Waals surface area (Å²) in [6, 6.07) is 0. The molecule has 144 valence electrons. The van der Waals surface area contributed by atoms with E-state index in [9.17, 15) is 9.59 Å². The molecule has 0 aromatic carbocycles. The van der Waals surface area contributed by atoms with Crippen molar-refractivity contribution >= 4 is 12.5 Å². The molecule has 0 aliphatic carbocycles. The van der Waals surface area contributed by atoms with Crippen molar-refractivity contribution in [1.29, 1.82) is 0 Å². The Morgan fingerprint density at radius 3 is 1.25 bits per heavy atom. The van der Waals surface area contributed by atoms with Crippen LogP contribution < -0.4 is 0 Å². The van der Waals surface area contributed by atoms with Gasteiger partial charge in [0, 0.05) is 0 Å². The summed E-state index contributed by atoms with van der Waals surface area (Å²) >= 11 is 0. The van der Waals surface area contributed by atoms with Gasteiger partial charge in [0.15, 0.2) is 12.5 Å². The van der Waals surface area contributed by atoms with E-state index in [4.69, 9.17) is 52.4 Å². The fraction of sp³-hybridized carbons (Fsp3) is 0.833. The SMILES string of the molecule is O=C[C@H](O)[C@@H](O)[C@H](O)[C@H](O)CO.[2H]C(=O)[C@H](O)[C@@H](O)[C@@H](O)[C@H](O)CO. The minimum atomic E-state index is -2.09. The van der Waals surface area contributed by atoms with E-state index < -0.39 is 68.3 Å². The number of hydrogen-bond donors (Lipinski definition) is 10. The maximum Gasteiger partial charge on any atom is 0.151 e. The fourth-order valence-corrected chi connectivity index (χ4v) is 1.21. The van der Waals surface area contributed by atoms with Crippen molar-refractivity contribution < 1.29 is 62.0 Å². The third kappa shape index (κ3) is 8.70. The van der Waals surface area contributed by atoms with E-state index in [1.165, 1.54) is 0 Å². The standard InChI is InChI=1S/2C6H12O6/c2*7-1-3(9)5(11)6(12)4(10)2-8/h2*1,3-6,8-12H,2H2/t3-,4+,5+,6+;3-,4+,5+,6-/m00/s1/i;1D. The Kier molecular flexibility index (Phi) is 12.7. The van der Waals surface area contributed by atoms with Crippen LogP contribution in [0.25, 0.3) is 0 Å². The zero-order valence-corrected chi connectivity index (χ0v) is 12.4. The molecule has 0 bridgehead atoms. The molecule has 0 spiro atoms. The Bertz CT molecular complexity index is 383. The summed E-state index contributed by atoms with van der Waals surface area (Å²) in [4.78, 5) is 20.1. The van der Waals surface area contributed by atoms with E-state index in [1.54, 1.807) is 0 Å². The molecule has 12 nitrogen and oxygen atoms in total. The van der Waals surface area contributed by atoms with Crippen molar-refractivity contribution in [3.63, 3.8) is 0 Å². The minimum absolute atomic E-state index is 0.0258. The van der Waals surface area contributed by atoms with Gasteiger partial charge in [0.25, 0.3) is 0 Å². The normalized spacial score (nSPS) is 21.7. The lowest BCUT2D eigenvalue weighted by molar-refractivity contribution is -0.136. The molecule has 0 aromatic heterocycles. The molecule has 10 N–H and O–H groups in total. The van der Waals surface area contributed by atoms with E-state index in [2.05, 4.69) is 0 Å². The van der Waals surface area contributed by atoms with Crippen molar-refractivity contribution in [2.45, 2.75) is 48.8 Å². The number of carbonyl (C=O) groups is 2. The van der Waals surface area contributed by atoms with Crippen molar-refractivity contribution in [3.8, 4) is 0 Å². The first-order valence-electron chi connectivity index (χ1n) is 7.08. The molecule has 0 amide bonds. The molecule has 0 aliphatic rings. The number of carbonyl (C=O) groups excluding carboxylic acids is 2. The van der Waals surface area contributed by atoms with Gasteiger partial charge in [-0.2, -0.15) is 0 Å². The molecule has 0 saturated carbocycles. The molecule has 12 heteroatoms. The van der Waals surface area contributed by atoms with Crippen LogP contribution in [0.1, 0.15) is 1.37 Å². The minimum Gasteiger partial charge on any atom is -0.394 e. The van der Waals surface area contributed by atoms with E-state index in [0.717, 1.165) is 0 Å². The van der Waals surface area contributed by atoms with Gasteiger partial charge in [0.1, 0.15) is 50.2 Å². The van der Waals surface area contributed by atoms with E-state index in [1.807, 2.05) is 0 Å². The summed E-state index contributed by atoms with van der Waals surface area (Å²) in [6.07, 6.45) is -15.9. The number of rotatable bonds is 10.